The first-order valence-electron chi connectivity index (χ1n) is 5.67. The minimum absolute atomic E-state index is 0.0825. The molecule has 15 heavy (non-hydrogen) atoms. The van der Waals surface area contributed by atoms with Gasteiger partial charge in [0.1, 0.15) is 0 Å². The summed E-state index contributed by atoms with van der Waals surface area (Å²) in [6.07, 6.45) is 4.14. The summed E-state index contributed by atoms with van der Waals surface area (Å²) in [6.45, 7) is 10.2. The van der Waals surface area contributed by atoms with E-state index < -0.39 is 0 Å². The summed E-state index contributed by atoms with van der Waals surface area (Å²) in [5.74, 6) is 0. The molecule has 0 aromatic carbocycles. The second-order valence-electron chi connectivity index (χ2n) is 4.34. The molecule has 2 amide bonds. The Morgan fingerprint density at radius 1 is 1.27 bits per heavy atom. The number of hydrogen-bond acceptors (Lipinski definition) is 1. The molecule has 0 heterocycles. The van der Waals surface area contributed by atoms with Gasteiger partial charge in [-0.3, -0.25) is 0 Å². The van der Waals surface area contributed by atoms with Gasteiger partial charge in [-0.25, -0.2) is 4.79 Å². The first kappa shape index (κ1) is 14.0. The van der Waals surface area contributed by atoms with Crippen molar-refractivity contribution in [3.8, 4) is 0 Å². The molecule has 0 aromatic rings. The number of amides is 2. The van der Waals surface area contributed by atoms with Gasteiger partial charge in [0, 0.05) is 12.1 Å². The molecule has 0 bridgehead atoms. The first-order valence-corrected chi connectivity index (χ1v) is 5.67. The van der Waals surface area contributed by atoms with Gasteiger partial charge in [-0.05, 0) is 34.1 Å². The van der Waals surface area contributed by atoms with Crippen LogP contribution in [0.15, 0.2) is 11.6 Å². The molecule has 0 aliphatic carbocycles. The summed E-state index contributed by atoms with van der Waals surface area (Å²) in [5, 5.41) is 5.78. The molecule has 88 valence electrons. The van der Waals surface area contributed by atoms with Crippen molar-refractivity contribution in [2.45, 2.75) is 59.5 Å². The molecule has 0 rings (SSSR count). The summed E-state index contributed by atoms with van der Waals surface area (Å²) < 4.78 is 0. The van der Waals surface area contributed by atoms with Gasteiger partial charge in [0.25, 0.3) is 0 Å². The summed E-state index contributed by atoms with van der Waals surface area (Å²) in [6, 6.07) is 0.249. The fourth-order valence-electron chi connectivity index (χ4n) is 1.52. The Balaban J connectivity index is 3.88. The maximum atomic E-state index is 11.5. The Kier molecular flexibility index (Phi) is 6.84. The molecule has 1 unspecified atom stereocenters. The van der Waals surface area contributed by atoms with E-state index >= 15 is 0 Å². The molecular weight excluding hydrogens is 188 g/mol. The van der Waals surface area contributed by atoms with E-state index in [9.17, 15) is 4.79 Å². The van der Waals surface area contributed by atoms with Crippen LogP contribution in [0.2, 0.25) is 0 Å². The summed E-state index contributed by atoms with van der Waals surface area (Å²) in [5.41, 5.74) is 1.21. The van der Waals surface area contributed by atoms with Crippen molar-refractivity contribution in [2.24, 2.45) is 0 Å². The Labute approximate surface area is 93.3 Å². The molecule has 0 aliphatic heterocycles. The van der Waals surface area contributed by atoms with E-state index in [1.54, 1.807) is 0 Å². The lowest BCUT2D eigenvalue weighted by Gasteiger charge is -2.16. The third kappa shape index (κ3) is 8.03. The largest absolute Gasteiger partial charge is 0.336 e. The van der Waals surface area contributed by atoms with E-state index in [-0.39, 0.29) is 18.1 Å². The lowest BCUT2D eigenvalue weighted by molar-refractivity contribution is 0.235. The summed E-state index contributed by atoms with van der Waals surface area (Å²) in [4.78, 5) is 11.5. The highest BCUT2D eigenvalue weighted by molar-refractivity contribution is 5.74. The highest BCUT2D eigenvalue weighted by Gasteiger charge is 2.07. The Morgan fingerprint density at radius 3 is 2.33 bits per heavy atom. The number of nitrogens with one attached hydrogen (secondary N) is 2. The van der Waals surface area contributed by atoms with Gasteiger partial charge in [-0.15, -0.1) is 0 Å². The van der Waals surface area contributed by atoms with Crippen molar-refractivity contribution in [3.63, 3.8) is 0 Å². The Bertz CT molecular complexity index is 220. The SMILES string of the molecule is CCCC(C)NC(=O)N[C@H](C)C=C(C)C. The van der Waals surface area contributed by atoms with Gasteiger partial charge in [0.15, 0.2) is 0 Å². The number of urea groups is 1. The molecular formula is C12H24N2O. The predicted molar refractivity (Wildman–Crippen MR) is 64.9 cm³/mol. The highest BCUT2D eigenvalue weighted by Crippen LogP contribution is 1.96. The Hall–Kier alpha value is -0.990. The fraction of sp³-hybridized carbons (Fsp3) is 0.750. The third-order valence-electron chi connectivity index (χ3n) is 2.04. The monoisotopic (exact) mass is 212 g/mol. The van der Waals surface area contributed by atoms with Crippen LogP contribution in [-0.4, -0.2) is 18.1 Å². The zero-order valence-electron chi connectivity index (χ0n) is 10.6. The van der Waals surface area contributed by atoms with Crippen molar-refractivity contribution in [1.29, 1.82) is 0 Å². The van der Waals surface area contributed by atoms with Crippen molar-refractivity contribution in [3.05, 3.63) is 11.6 Å². The lowest BCUT2D eigenvalue weighted by atomic mass is 10.2. The second-order valence-corrected chi connectivity index (χ2v) is 4.34. The van der Waals surface area contributed by atoms with Gasteiger partial charge in [0.05, 0.1) is 0 Å². The van der Waals surface area contributed by atoms with E-state index in [0.717, 1.165) is 12.8 Å². The third-order valence-corrected chi connectivity index (χ3v) is 2.04. The van der Waals surface area contributed by atoms with E-state index in [1.165, 1.54) is 5.57 Å². The van der Waals surface area contributed by atoms with Crippen molar-refractivity contribution in [2.75, 3.05) is 0 Å². The molecule has 3 heteroatoms. The smallest absolute Gasteiger partial charge is 0.315 e. The molecule has 0 radical (unpaired) electrons. The van der Waals surface area contributed by atoms with Crippen LogP contribution >= 0.6 is 0 Å². The van der Waals surface area contributed by atoms with Crippen LogP contribution in [0, 0.1) is 0 Å². The van der Waals surface area contributed by atoms with Gasteiger partial charge in [-0.1, -0.05) is 25.0 Å². The van der Waals surface area contributed by atoms with E-state index in [1.807, 2.05) is 33.8 Å². The van der Waals surface area contributed by atoms with E-state index in [2.05, 4.69) is 17.6 Å². The normalized spacial score (nSPS) is 13.9. The summed E-state index contributed by atoms with van der Waals surface area (Å²) in [7, 11) is 0. The van der Waals surface area contributed by atoms with Crippen LogP contribution in [0.1, 0.15) is 47.5 Å². The molecule has 0 fully saturated rings. The number of carbonyl (C=O) groups excluding carboxylic acids is 1. The van der Waals surface area contributed by atoms with Crippen LogP contribution in [0.25, 0.3) is 0 Å². The minimum atomic E-state index is -0.0825. The van der Waals surface area contributed by atoms with Crippen LogP contribution in [-0.2, 0) is 0 Å². The average molecular weight is 212 g/mol. The van der Waals surface area contributed by atoms with E-state index in [0.29, 0.717) is 0 Å². The maximum Gasteiger partial charge on any atom is 0.315 e. The van der Waals surface area contributed by atoms with Gasteiger partial charge < -0.3 is 10.6 Å². The number of rotatable bonds is 5. The molecule has 0 spiro atoms. The number of carbonyl (C=O) groups is 1. The molecule has 0 aromatic heterocycles. The standard InChI is InChI=1S/C12H24N2O/c1-6-7-10(4)13-12(15)14-11(5)8-9(2)3/h8,10-11H,6-7H2,1-5H3,(H2,13,14,15)/t10?,11-/m1/s1. The average Bonchev–Trinajstić information content (AvgIpc) is 2.00. The molecule has 2 atom stereocenters. The molecule has 2 N–H and O–H groups in total. The van der Waals surface area contributed by atoms with Crippen LogP contribution < -0.4 is 10.6 Å². The van der Waals surface area contributed by atoms with Gasteiger partial charge >= 0.3 is 6.03 Å². The summed E-state index contributed by atoms with van der Waals surface area (Å²) >= 11 is 0. The van der Waals surface area contributed by atoms with Crippen LogP contribution in [0.4, 0.5) is 4.79 Å². The zero-order chi connectivity index (χ0) is 11.8. The minimum Gasteiger partial charge on any atom is -0.336 e. The van der Waals surface area contributed by atoms with Gasteiger partial charge in [-0.2, -0.15) is 0 Å². The van der Waals surface area contributed by atoms with Crippen molar-refractivity contribution < 1.29 is 4.79 Å². The number of hydrogen-bond donors (Lipinski definition) is 2. The molecule has 0 aliphatic rings. The maximum absolute atomic E-state index is 11.5. The molecule has 3 nitrogen and oxygen atoms in total. The first-order chi connectivity index (χ1) is 6.95. The topological polar surface area (TPSA) is 41.1 Å². The fourth-order valence-corrected chi connectivity index (χ4v) is 1.52. The van der Waals surface area contributed by atoms with Crippen molar-refractivity contribution in [1.82, 2.24) is 10.6 Å². The van der Waals surface area contributed by atoms with Crippen LogP contribution in [0.3, 0.4) is 0 Å². The zero-order valence-corrected chi connectivity index (χ0v) is 10.6. The molecule has 0 saturated carbocycles. The lowest BCUT2D eigenvalue weighted by Crippen LogP contribution is -2.43. The van der Waals surface area contributed by atoms with Gasteiger partial charge in [0.2, 0.25) is 0 Å². The molecule has 0 saturated heterocycles. The number of allylic oxidation sites excluding steroid dienone is 1. The quantitative estimate of drug-likeness (QED) is 0.676. The predicted octanol–water partition coefficient (Wildman–Crippen LogP) is 2.83. The van der Waals surface area contributed by atoms with E-state index in [4.69, 9.17) is 0 Å². The Morgan fingerprint density at radius 2 is 1.87 bits per heavy atom. The van der Waals surface area contributed by atoms with Crippen molar-refractivity contribution >= 4 is 6.03 Å². The second kappa shape index (κ2) is 7.32. The van der Waals surface area contributed by atoms with Crippen LogP contribution in [0.5, 0.6) is 0 Å². The highest BCUT2D eigenvalue weighted by atomic mass is 16.2.